The molecule has 0 spiro atoms. The maximum absolute atomic E-state index is 12.0. The summed E-state index contributed by atoms with van der Waals surface area (Å²) in [5.74, 6) is 0.643. The Kier molecular flexibility index (Phi) is 4.52. The molecule has 0 radical (unpaired) electrons. The highest BCUT2D eigenvalue weighted by Crippen LogP contribution is 2.30. The standard InChI is InChI=1S/C17H20ClNO3/c1-11-9-19(16(21)8-14(11)20)10-12-13(18)6-5-7-15(12)22-17(2,3)4/h5-9,20H,10H2,1-4H3. The smallest absolute Gasteiger partial charge is 0.254 e. The first-order valence-corrected chi connectivity index (χ1v) is 7.41. The number of aromatic nitrogens is 1. The molecule has 0 aliphatic carbocycles. The van der Waals surface area contributed by atoms with E-state index in [1.807, 2.05) is 32.9 Å². The number of hydrogen-bond acceptors (Lipinski definition) is 3. The molecule has 0 fully saturated rings. The summed E-state index contributed by atoms with van der Waals surface area (Å²) in [7, 11) is 0. The molecule has 1 heterocycles. The molecule has 0 aliphatic heterocycles. The summed E-state index contributed by atoms with van der Waals surface area (Å²) >= 11 is 6.29. The lowest BCUT2D eigenvalue weighted by atomic mass is 10.1. The van der Waals surface area contributed by atoms with E-state index >= 15 is 0 Å². The number of pyridine rings is 1. The van der Waals surface area contributed by atoms with Crippen molar-refractivity contribution in [3.63, 3.8) is 0 Å². The zero-order valence-electron chi connectivity index (χ0n) is 13.2. The van der Waals surface area contributed by atoms with Crippen LogP contribution in [0.15, 0.2) is 35.3 Å². The molecule has 1 aromatic heterocycles. The summed E-state index contributed by atoms with van der Waals surface area (Å²) in [5.41, 5.74) is 0.718. The van der Waals surface area contributed by atoms with Crippen LogP contribution in [-0.2, 0) is 6.54 Å². The molecular formula is C17H20ClNO3. The van der Waals surface area contributed by atoms with Gasteiger partial charge in [0.25, 0.3) is 5.56 Å². The Morgan fingerprint density at radius 3 is 2.64 bits per heavy atom. The third-order valence-corrected chi connectivity index (χ3v) is 3.47. The van der Waals surface area contributed by atoms with Crippen molar-refractivity contribution in [3.05, 3.63) is 57.0 Å². The first-order chi connectivity index (χ1) is 10.2. The topological polar surface area (TPSA) is 51.5 Å². The summed E-state index contributed by atoms with van der Waals surface area (Å²) in [5, 5.41) is 10.1. The molecule has 0 amide bonds. The quantitative estimate of drug-likeness (QED) is 0.937. The minimum atomic E-state index is -0.366. The third-order valence-electron chi connectivity index (χ3n) is 3.12. The van der Waals surface area contributed by atoms with Crippen LogP contribution in [0.25, 0.3) is 0 Å². The van der Waals surface area contributed by atoms with Gasteiger partial charge in [0.15, 0.2) is 0 Å². The highest BCUT2D eigenvalue weighted by atomic mass is 35.5. The van der Waals surface area contributed by atoms with Gasteiger partial charge in [-0.2, -0.15) is 0 Å². The van der Waals surface area contributed by atoms with E-state index in [1.165, 1.54) is 10.6 Å². The number of hydrogen-bond donors (Lipinski definition) is 1. The van der Waals surface area contributed by atoms with E-state index in [0.717, 1.165) is 5.56 Å². The van der Waals surface area contributed by atoms with Crippen LogP contribution in [-0.4, -0.2) is 15.3 Å². The molecular weight excluding hydrogens is 302 g/mol. The largest absolute Gasteiger partial charge is 0.507 e. The first-order valence-electron chi connectivity index (χ1n) is 7.04. The highest BCUT2D eigenvalue weighted by Gasteiger charge is 2.17. The lowest BCUT2D eigenvalue weighted by molar-refractivity contribution is 0.129. The molecule has 0 saturated heterocycles. The number of benzene rings is 1. The van der Waals surface area contributed by atoms with Crippen LogP contribution in [0.4, 0.5) is 0 Å². The second-order valence-electron chi connectivity index (χ2n) is 6.24. The maximum atomic E-state index is 12.0. The predicted molar refractivity (Wildman–Crippen MR) is 88.0 cm³/mol. The molecule has 0 atom stereocenters. The van der Waals surface area contributed by atoms with Crippen LogP contribution in [0.1, 0.15) is 31.9 Å². The van der Waals surface area contributed by atoms with E-state index < -0.39 is 0 Å². The van der Waals surface area contributed by atoms with Gasteiger partial charge in [-0.15, -0.1) is 0 Å². The van der Waals surface area contributed by atoms with Gasteiger partial charge in [0.05, 0.1) is 6.54 Å². The van der Waals surface area contributed by atoms with Gasteiger partial charge in [-0.3, -0.25) is 4.79 Å². The van der Waals surface area contributed by atoms with Gasteiger partial charge in [-0.05, 0) is 39.8 Å². The summed E-state index contributed by atoms with van der Waals surface area (Å²) in [6, 6.07) is 6.63. The van der Waals surface area contributed by atoms with Crippen molar-refractivity contribution in [1.82, 2.24) is 4.57 Å². The van der Waals surface area contributed by atoms with Crippen LogP contribution in [0.2, 0.25) is 5.02 Å². The lowest BCUT2D eigenvalue weighted by Gasteiger charge is -2.24. The van der Waals surface area contributed by atoms with Crippen LogP contribution >= 0.6 is 11.6 Å². The monoisotopic (exact) mass is 321 g/mol. The second-order valence-corrected chi connectivity index (χ2v) is 6.65. The van der Waals surface area contributed by atoms with E-state index in [0.29, 0.717) is 16.3 Å². The Hall–Kier alpha value is -1.94. The van der Waals surface area contributed by atoms with Crippen LogP contribution in [0, 0.1) is 6.92 Å². The average molecular weight is 322 g/mol. The Morgan fingerprint density at radius 2 is 2.00 bits per heavy atom. The Morgan fingerprint density at radius 1 is 1.32 bits per heavy atom. The number of aryl methyl sites for hydroxylation is 1. The third kappa shape index (κ3) is 3.83. The van der Waals surface area contributed by atoms with Gasteiger partial charge in [-0.25, -0.2) is 0 Å². The number of aromatic hydroxyl groups is 1. The fraction of sp³-hybridized carbons (Fsp3) is 0.353. The Labute approximate surface area is 134 Å². The van der Waals surface area contributed by atoms with Gasteiger partial charge in [0.2, 0.25) is 0 Å². The molecule has 1 N–H and O–H groups in total. The molecule has 5 heteroatoms. The van der Waals surface area contributed by atoms with Crippen molar-refractivity contribution in [2.24, 2.45) is 0 Å². The van der Waals surface area contributed by atoms with Gasteiger partial charge < -0.3 is 14.4 Å². The summed E-state index contributed by atoms with van der Waals surface area (Å²) in [6.45, 7) is 7.88. The maximum Gasteiger partial charge on any atom is 0.254 e. The van der Waals surface area contributed by atoms with E-state index in [-0.39, 0.29) is 23.5 Å². The fourth-order valence-corrected chi connectivity index (χ4v) is 2.31. The van der Waals surface area contributed by atoms with Crippen molar-refractivity contribution in [3.8, 4) is 11.5 Å². The zero-order chi connectivity index (χ0) is 16.5. The normalized spacial score (nSPS) is 11.5. The summed E-state index contributed by atoms with van der Waals surface area (Å²) in [6.07, 6.45) is 1.61. The fourth-order valence-electron chi connectivity index (χ4n) is 2.09. The molecule has 0 bridgehead atoms. The molecule has 0 aliphatic rings. The van der Waals surface area contributed by atoms with Crippen LogP contribution < -0.4 is 10.3 Å². The van der Waals surface area contributed by atoms with Crippen molar-refractivity contribution in [2.45, 2.75) is 39.8 Å². The van der Waals surface area contributed by atoms with Crippen molar-refractivity contribution in [1.29, 1.82) is 0 Å². The number of rotatable bonds is 3. The number of nitrogens with zero attached hydrogens (tertiary/aromatic N) is 1. The van der Waals surface area contributed by atoms with Crippen LogP contribution in [0.3, 0.4) is 0 Å². The Balaban J connectivity index is 2.46. The van der Waals surface area contributed by atoms with Crippen molar-refractivity contribution < 1.29 is 9.84 Å². The minimum Gasteiger partial charge on any atom is -0.507 e. The number of ether oxygens (including phenoxy) is 1. The van der Waals surface area contributed by atoms with Gasteiger partial charge in [0, 0.05) is 28.4 Å². The van der Waals surface area contributed by atoms with Crippen LogP contribution in [0.5, 0.6) is 11.5 Å². The summed E-state index contributed by atoms with van der Waals surface area (Å²) < 4.78 is 7.44. The molecule has 1 aromatic carbocycles. The molecule has 4 nitrogen and oxygen atoms in total. The van der Waals surface area contributed by atoms with Gasteiger partial charge in [-0.1, -0.05) is 17.7 Å². The van der Waals surface area contributed by atoms with E-state index in [1.54, 1.807) is 19.2 Å². The molecule has 118 valence electrons. The predicted octanol–water partition coefficient (Wildman–Crippen LogP) is 3.74. The lowest BCUT2D eigenvalue weighted by Crippen LogP contribution is -2.25. The molecule has 0 saturated carbocycles. The minimum absolute atomic E-state index is 0.00780. The van der Waals surface area contributed by atoms with Gasteiger partial charge >= 0.3 is 0 Å². The van der Waals surface area contributed by atoms with Crippen molar-refractivity contribution >= 4 is 11.6 Å². The zero-order valence-corrected chi connectivity index (χ0v) is 13.9. The average Bonchev–Trinajstić information content (AvgIpc) is 2.38. The molecule has 0 unspecified atom stereocenters. The molecule has 22 heavy (non-hydrogen) atoms. The Bertz CT molecular complexity index is 745. The second kappa shape index (κ2) is 6.05. The highest BCUT2D eigenvalue weighted by molar-refractivity contribution is 6.31. The van der Waals surface area contributed by atoms with Gasteiger partial charge in [0.1, 0.15) is 17.1 Å². The van der Waals surface area contributed by atoms with Crippen molar-refractivity contribution in [2.75, 3.05) is 0 Å². The SMILES string of the molecule is Cc1cn(Cc2c(Cl)cccc2OC(C)(C)C)c(=O)cc1O. The first kappa shape index (κ1) is 16.4. The van der Waals surface area contributed by atoms with E-state index in [9.17, 15) is 9.90 Å². The molecule has 2 rings (SSSR count). The van der Waals surface area contributed by atoms with E-state index in [2.05, 4.69) is 0 Å². The molecule has 2 aromatic rings. The summed E-state index contributed by atoms with van der Waals surface area (Å²) in [4.78, 5) is 12.0. The number of halogens is 1. The van der Waals surface area contributed by atoms with E-state index in [4.69, 9.17) is 16.3 Å².